The number of aryl methyl sites for hydroxylation is 1. The molecule has 0 radical (unpaired) electrons. The van der Waals surface area contributed by atoms with Gasteiger partial charge in [-0.3, -0.25) is 4.79 Å². The average molecular weight is 291 g/mol. The van der Waals surface area contributed by atoms with E-state index >= 15 is 0 Å². The molecular weight excluding hydrogens is 262 g/mol. The maximum absolute atomic E-state index is 12.8. The van der Waals surface area contributed by atoms with Crippen LogP contribution in [0.5, 0.6) is 0 Å². The Bertz CT molecular complexity index is 455. The van der Waals surface area contributed by atoms with Gasteiger partial charge in [0.15, 0.2) is 0 Å². The van der Waals surface area contributed by atoms with Crippen molar-refractivity contribution >= 4 is 5.91 Å². The molecule has 0 aliphatic carbocycles. The van der Waals surface area contributed by atoms with Gasteiger partial charge in [0.2, 0.25) is 5.91 Å². The van der Waals surface area contributed by atoms with Gasteiger partial charge in [-0.25, -0.2) is 0 Å². The van der Waals surface area contributed by atoms with E-state index < -0.39 is 0 Å². The van der Waals surface area contributed by atoms with Crippen LogP contribution in [0, 0.1) is 0 Å². The fourth-order valence-corrected chi connectivity index (χ4v) is 3.26. The molecule has 0 spiro atoms. The second kappa shape index (κ2) is 7.64. The fraction of sp³-hybridized carbons (Fsp3) is 0.706. The molecular formula is C17H29N3O. The molecule has 2 rings (SSSR count). The number of hydrogen-bond donors (Lipinski definition) is 1. The minimum Gasteiger partial charge on any atom is -0.353 e. The van der Waals surface area contributed by atoms with Gasteiger partial charge in [0.05, 0.1) is 12.1 Å². The molecule has 118 valence electrons. The molecule has 0 saturated carbocycles. The zero-order chi connectivity index (χ0) is 15.2. The molecule has 1 aromatic heterocycles. The van der Waals surface area contributed by atoms with E-state index in [2.05, 4.69) is 36.9 Å². The first kappa shape index (κ1) is 16.1. The van der Waals surface area contributed by atoms with Crippen LogP contribution in [0.25, 0.3) is 0 Å². The van der Waals surface area contributed by atoms with Crippen molar-refractivity contribution in [3.8, 4) is 0 Å². The molecule has 2 N–H and O–H groups in total. The Morgan fingerprint density at radius 2 is 2.24 bits per heavy atom. The van der Waals surface area contributed by atoms with Crippen LogP contribution in [0.3, 0.4) is 0 Å². The van der Waals surface area contributed by atoms with Crippen LogP contribution in [-0.4, -0.2) is 28.0 Å². The highest BCUT2D eigenvalue weighted by Crippen LogP contribution is 2.30. The van der Waals surface area contributed by atoms with Crippen molar-refractivity contribution in [3.63, 3.8) is 0 Å². The lowest BCUT2D eigenvalue weighted by atomic mass is 10.0. The number of aromatic nitrogens is 1. The second-order valence-electron chi connectivity index (χ2n) is 6.19. The molecule has 21 heavy (non-hydrogen) atoms. The fourth-order valence-electron chi connectivity index (χ4n) is 3.26. The zero-order valence-electron chi connectivity index (χ0n) is 13.4. The first-order valence-electron chi connectivity index (χ1n) is 8.32. The van der Waals surface area contributed by atoms with Gasteiger partial charge in [-0.05, 0) is 31.4 Å². The molecule has 1 saturated heterocycles. The topological polar surface area (TPSA) is 51.3 Å². The van der Waals surface area contributed by atoms with E-state index in [1.165, 1.54) is 18.5 Å². The van der Waals surface area contributed by atoms with E-state index in [9.17, 15) is 4.79 Å². The number of carbonyl (C=O) groups is 1. The Morgan fingerprint density at radius 1 is 1.43 bits per heavy atom. The predicted octanol–water partition coefficient (Wildman–Crippen LogP) is 2.99. The van der Waals surface area contributed by atoms with Gasteiger partial charge in [-0.2, -0.15) is 0 Å². The monoisotopic (exact) mass is 291 g/mol. The van der Waals surface area contributed by atoms with Crippen LogP contribution in [0.2, 0.25) is 0 Å². The molecule has 0 aromatic carbocycles. The Kier molecular flexibility index (Phi) is 5.85. The second-order valence-corrected chi connectivity index (χ2v) is 6.19. The Morgan fingerprint density at radius 3 is 2.90 bits per heavy atom. The Labute approximate surface area is 128 Å². The largest absolute Gasteiger partial charge is 0.353 e. The normalized spacial score (nSPS) is 21.1. The third-order valence-electron chi connectivity index (χ3n) is 4.55. The predicted molar refractivity (Wildman–Crippen MR) is 85.8 cm³/mol. The molecule has 0 bridgehead atoms. The molecule has 2 heterocycles. The summed E-state index contributed by atoms with van der Waals surface area (Å²) in [6, 6.07) is 4.03. The quantitative estimate of drug-likeness (QED) is 0.906. The summed E-state index contributed by atoms with van der Waals surface area (Å²) >= 11 is 0. The van der Waals surface area contributed by atoms with Crippen LogP contribution >= 0.6 is 0 Å². The third-order valence-corrected chi connectivity index (χ3v) is 4.55. The van der Waals surface area contributed by atoms with E-state index in [0.717, 1.165) is 38.6 Å². The third kappa shape index (κ3) is 3.88. The van der Waals surface area contributed by atoms with Crippen molar-refractivity contribution in [1.29, 1.82) is 0 Å². The van der Waals surface area contributed by atoms with Gasteiger partial charge in [-0.15, -0.1) is 0 Å². The van der Waals surface area contributed by atoms with Gasteiger partial charge >= 0.3 is 0 Å². The van der Waals surface area contributed by atoms with Crippen molar-refractivity contribution in [3.05, 3.63) is 24.0 Å². The first-order valence-corrected chi connectivity index (χ1v) is 8.32. The highest BCUT2D eigenvalue weighted by molar-refractivity contribution is 5.82. The molecule has 4 heteroatoms. The number of amides is 1. The maximum atomic E-state index is 12.8. The summed E-state index contributed by atoms with van der Waals surface area (Å²) in [6.07, 6.45) is 9.49. The minimum atomic E-state index is -0.342. The number of rotatable bonds is 5. The summed E-state index contributed by atoms with van der Waals surface area (Å²) in [4.78, 5) is 14.8. The zero-order valence-corrected chi connectivity index (χ0v) is 13.4. The van der Waals surface area contributed by atoms with Crippen LogP contribution in [-0.2, 0) is 11.8 Å². The van der Waals surface area contributed by atoms with Gasteiger partial charge < -0.3 is 15.2 Å². The van der Waals surface area contributed by atoms with Gasteiger partial charge in [0.25, 0.3) is 0 Å². The van der Waals surface area contributed by atoms with E-state index in [1.807, 2.05) is 4.90 Å². The van der Waals surface area contributed by atoms with Gasteiger partial charge in [0, 0.05) is 25.5 Å². The minimum absolute atomic E-state index is 0.136. The molecule has 2 atom stereocenters. The van der Waals surface area contributed by atoms with Crippen molar-refractivity contribution in [2.24, 2.45) is 12.8 Å². The van der Waals surface area contributed by atoms with Crippen molar-refractivity contribution < 1.29 is 4.79 Å². The van der Waals surface area contributed by atoms with Crippen LogP contribution < -0.4 is 5.73 Å². The van der Waals surface area contributed by atoms with Crippen molar-refractivity contribution in [2.75, 3.05) is 6.54 Å². The molecule has 1 amide bonds. The molecule has 1 aliphatic heterocycles. The standard InChI is InChI=1S/C17H29N3O/c1-3-4-9-14(18)17(21)20-13-7-5-6-10-16(20)15-11-8-12-19(15)2/h8,11-12,14,16H,3-7,9-10,13,18H2,1-2H3. The molecule has 2 unspecified atom stereocenters. The lowest BCUT2D eigenvalue weighted by Crippen LogP contribution is -2.45. The number of carbonyl (C=O) groups excluding carboxylic acids is 1. The summed E-state index contributed by atoms with van der Waals surface area (Å²) in [5.41, 5.74) is 7.37. The van der Waals surface area contributed by atoms with Crippen molar-refractivity contribution in [1.82, 2.24) is 9.47 Å². The smallest absolute Gasteiger partial charge is 0.240 e. The van der Waals surface area contributed by atoms with Gasteiger partial charge in [-0.1, -0.05) is 32.6 Å². The molecule has 1 fully saturated rings. The van der Waals surface area contributed by atoms with E-state index in [1.54, 1.807) is 0 Å². The summed E-state index contributed by atoms with van der Waals surface area (Å²) < 4.78 is 2.13. The maximum Gasteiger partial charge on any atom is 0.240 e. The molecule has 4 nitrogen and oxygen atoms in total. The Hall–Kier alpha value is -1.29. The first-order chi connectivity index (χ1) is 10.1. The van der Waals surface area contributed by atoms with E-state index in [0.29, 0.717) is 0 Å². The van der Waals surface area contributed by atoms with Crippen LogP contribution in [0.15, 0.2) is 18.3 Å². The van der Waals surface area contributed by atoms with Crippen molar-refractivity contribution in [2.45, 2.75) is 64.0 Å². The summed E-state index contributed by atoms with van der Waals surface area (Å²) in [5, 5.41) is 0. The lowest BCUT2D eigenvalue weighted by Gasteiger charge is -2.32. The number of nitrogens with zero attached hydrogens (tertiary/aromatic N) is 2. The highest BCUT2D eigenvalue weighted by atomic mass is 16.2. The van der Waals surface area contributed by atoms with Crippen LogP contribution in [0.4, 0.5) is 0 Å². The van der Waals surface area contributed by atoms with Crippen LogP contribution in [0.1, 0.15) is 63.6 Å². The summed E-state index contributed by atoms with van der Waals surface area (Å²) in [5.74, 6) is 0.136. The number of likely N-dealkylation sites (tertiary alicyclic amines) is 1. The number of unbranched alkanes of at least 4 members (excludes halogenated alkanes) is 1. The average Bonchev–Trinajstić information content (AvgIpc) is 2.76. The number of hydrogen-bond acceptors (Lipinski definition) is 2. The summed E-state index contributed by atoms with van der Waals surface area (Å²) in [6.45, 7) is 2.98. The van der Waals surface area contributed by atoms with E-state index in [4.69, 9.17) is 5.73 Å². The summed E-state index contributed by atoms with van der Waals surface area (Å²) in [7, 11) is 2.06. The van der Waals surface area contributed by atoms with Gasteiger partial charge in [0.1, 0.15) is 0 Å². The lowest BCUT2D eigenvalue weighted by molar-refractivity contribution is -0.135. The Balaban J connectivity index is 2.16. The molecule has 1 aliphatic rings. The molecule has 1 aromatic rings. The number of nitrogens with two attached hydrogens (primary N) is 1. The highest BCUT2D eigenvalue weighted by Gasteiger charge is 2.30. The SMILES string of the molecule is CCCCC(N)C(=O)N1CCCCCC1c1cccn1C. The van der Waals surface area contributed by atoms with E-state index in [-0.39, 0.29) is 18.0 Å².